The van der Waals surface area contributed by atoms with Crippen LogP contribution < -0.4 is 11.1 Å². The van der Waals surface area contributed by atoms with E-state index in [9.17, 15) is 4.79 Å². The SMILES string of the molecule is NCC#Cc1cnc(NC(=O)c2ccno2)s1. The summed E-state index contributed by atoms with van der Waals surface area (Å²) in [6.45, 7) is 0.289. The lowest BCUT2D eigenvalue weighted by Gasteiger charge is -1.95. The summed E-state index contributed by atoms with van der Waals surface area (Å²) in [4.78, 5) is 16.3. The topological polar surface area (TPSA) is 94.0 Å². The highest BCUT2D eigenvalue weighted by Crippen LogP contribution is 2.17. The molecular weight excluding hydrogens is 240 g/mol. The normalized spacial score (nSPS) is 9.47. The van der Waals surface area contributed by atoms with Crippen LogP contribution in [-0.2, 0) is 0 Å². The number of nitrogens with two attached hydrogens (primary N) is 1. The summed E-state index contributed by atoms with van der Waals surface area (Å²) in [5, 5.41) is 6.47. The molecule has 0 aliphatic heterocycles. The van der Waals surface area contributed by atoms with Crippen LogP contribution in [0.5, 0.6) is 0 Å². The molecule has 6 nitrogen and oxygen atoms in total. The monoisotopic (exact) mass is 248 g/mol. The van der Waals surface area contributed by atoms with E-state index in [2.05, 4.69) is 27.3 Å². The first-order valence-electron chi connectivity index (χ1n) is 4.66. The van der Waals surface area contributed by atoms with Crippen molar-refractivity contribution in [3.63, 3.8) is 0 Å². The second-order valence-electron chi connectivity index (χ2n) is 2.87. The van der Waals surface area contributed by atoms with Gasteiger partial charge < -0.3 is 10.3 Å². The van der Waals surface area contributed by atoms with E-state index in [4.69, 9.17) is 10.3 Å². The van der Waals surface area contributed by atoms with Gasteiger partial charge in [-0.25, -0.2) is 4.98 Å². The Kier molecular flexibility index (Phi) is 3.49. The fourth-order valence-electron chi connectivity index (χ4n) is 1.02. The first-order valence-corrected chi connectivity index (χ1v) is 5.48. The van der Waals surface area contributed by atoms with E-state index < -0.39 is 5.91 Å². The third kappa shape index (κ3) is 2.90. The summed E-state index contributed by atoms with van der Waals surface area (Å²) < 4.78 is 4.71. The molecule has 0 saturated carbocycles. The van der Waals surface area contributed by atoms with Gasteiger partial charge in [0, 0.05) is 6.07 Å². The Balaban J connectivity index is 2.04. The molecule has 2 rings (SSSR count). The standard InChI is InChI=1S/C10H8N4O2S/c11-4-1-2-7-6-12-10(17-7)14-9(15)8-3-5-13-16-8/h3,5-6H,4,11H2,(H,12,14,15). The molecule has 2 aromatic heterocycles. The van der Waals surface area contributed by atoms with Crippen molar-refractivity contribution in [1.29, 1.82) is 0 Å². The van der Waals surface area contributed by atoms with Crippen LogP contribution >= 0.6 is 11.3 Å². The zero-order valence-corrected chi connectivity index (χ0v) is 9.45. The number of rotatable bonds is 2. The molecule has 86 valence electrons. The first-order chi connectivity index (χ1) is 8.29. The van der Waals surface area contributed by atoms with Gasteiger partial charge in [0.1, 0.15) is 0 Å². The van der Waals surface area contributed by atoms with E-state index in [0.29, 0.717) is 5.13 Å². The van der Waals surface area contributed by atoms with Crippen LogP contribution in [0.15, 0.2) is 23.0 Å². The molecule has 0 saturated heterocycles. The molecule has 17 heavy (non-hydrogen) atoms. The van der Waals surface area contributed by atoms with E-state index in [1.54, 1.807) is 6.20 Å². The van der Waals surface area contributed by atoms with Crippen molar-refractivity contribution in [3.05, 3.63) is 29.1 Å². The maximum Gasteiger partial charge on any atom is 0.296 e. The quantitative estimate of drug-likeness (QED) is 0.763. The van der Waals surface area contributed by atoms with Gasteiger partial charge >= 0.3 is 0 Å². The molecule has 0 bridgehead atoms. The van der Waals surface area contributed by atoms with Crippen LogP contribution in [0.1, 0.15) is 15.4 Å². The summed E-state index contributed by atoms with van der Waals surface area (Å²) in [5.74, 6) is 5.27. The van der Waals surface area contributed by atoms with Crippen LogP contribution in [0.25, 0.3) is 0 Å². The van der Waals surface area contributed by atoms with Gasteiger partial charge in [-0.15, -0.1) is 0 Å². The van der Waals surface area contributed by atoms with Crippen molar-refractivity contribution in [1.82, 2.24) is 10.1 Å². The third-order valence-electron chi connectivity index (χ3n) is 1.70. The minimum absolute atomic E-state index is 0.134. The van der Waals surface area contributed by atoms with Crippen LogP contribution in [0, 0.1) is 11.8 Å². The van der Waals surface area contributed by atoms with Crippen molar-refractivity contribution in [2.24, 2.45) is 5.73 Å². The van der Waals surface area contributed by atoms with Crippen LogP contribution in [0.3, 0.4) is 0 Å². The Morgan fingerprint density at radius 3 is 3.24 bits per heavy atom. The van der Waals surface area contributed by atoms with E-state index in [1.165, 1.54) is 23.6 Å². The summed E-state index contributed by atoms with van der Waals surface area (Å²) in [6, 6.07) is 1.47. The highest BCUT2D eigenvalue weighted by molar-refractivity contribution is 7.16. The Morgan fingerprint density at radius 1 is 1.65 bits per heavy atom. The fraction of sp³-hybridized carbons (Fsp3) is 0.100. The summed E-state index contributed by atoms with van der Waals surface area (Å²) in [5.41, 5.74) is 5.25. The van der Waals surface area contributed by atoms with Crippen molar-refractivity contribution >= 4 is 22.4 Å². The number of carbonyl (C=O) groups excluding carboxylic acids is 1. The third-order valence-corrected chi connectivity index (χ3v) is 2.53. The molecule has 3 N–H and O–H groups in total. The molecule has 0 radical (unpaired) electrons. The predicted octanol–water partition coefficient (Wildman–Crippen LogP) is 0.694. The summed E-state index contributed by atoms with van der Waals surface area (Å²) >= 11 is 1.26. The molecule has 0 atom stereocenters. The molecule has 0 spiro atoms. The van der Waals surface area contributed by atoms with Gasteiger partial charge in [0.15, 0.2) is 5.13 Å². The van der Waals surface area contributed by atoms with Gasteiger partial charge in [-0.2, -0.15) is 0 Å². The number of amides is 1. The Labute approximate surface area is 101 Å². The van der Waals surface area contributed by atoms with E-state index in [-0.39, 0.29) is 12.3 Å². The summed E-state index contributed by atoms with van der Waals surface area (Å²) in [6.07, 6.45) is 2.97. The van der Waals surface area contributed by atoms with Crippen LogP contribution in [0.4, 0.5) is 5.13 Å². The molecule has 2 heterocycles. The van der Waals surface area contributed by atoms with Crippen molar-refractivity contribution in [2.45, 2.75) is 0 Å². The van der Waals surface area contributed by atoms with Gasteiger partial charge in [-0.1, -0.05) is 28.3 Å². The van der Waals surface area contributed by atoms with Crippen molar-refractivity contribution in [2.75, 3.05) is 11.9 Å². The molecular formula is C10H8N4O2S. The minimum atomic E-state index is -0.393. The number of nitrogens with one attached hydrogen (secondary N) is 1. The zero-order chi connectivity index (χ0) is 12.1. The summed E-state index contributed by atoms with van der Waals surface area (Å²) in [7, 11) is 0. The average molecular weight is 248 g/mol. The van der Waals surface area contributed by atoms with Gasteiger partial charge in [0.25, 0.3) is 5.91 Å². The highest BCUT2D eigenvalue weighted by atomic mass is 32.1. The molecule has 0 unspecified atom stereocenters. The molecule has 1 amide bonds. The number of carbonyl (C=O) groups is 1. The lowest BCUT2D eigenvalue weighted by molar-refractivity contribution is 0.0988. The smallest absolute Gasteiger partial charge is 0.296 e. The first kappa shape index (κ1) is 11.3. The molecule has 0 aliphatic carbocycles. The number of nitrogens with zero attached hydrogens (tertiary/aromatic N) is 2. The van der Waals surface area contributed by atoms with Crippen molar-refractivity contribution < 1.29 is 9.32 Å². The number of anilines is 1. The Bertz CT molecular complexity index is 565. The highest BCUT2D eigenvalue weighted by Gasteiger charge is 2.11. The number of thiazole rings is 1. The predicted molar refractivity (Wildman–Crippen MR) is 62.5 cm³/mol. The van der Waals surface area contributed by atoms with Crippen LogP contribution in [0.2, 0.25) is 0 Å². The van der Waals surface area contributed by atoms with Gasteiger partial charge in [0.05, 0.1) is 23.8 Å². The van der Waals surface area contributed by atoms with E-state index in [0.717, 1.165) is 4.88 Å². The molecule has 0 aliphatic rings. The number of hydrogen-bond acceptors (Lipinski definition) is 6. The molecule has 7 heteroatoms. The second-order valence-corrected chi connectivity index (χ2v) is 3.90. The Hall–Kier alpha value is -2.17. The van der Waals surface area contributed by atoms with E-state index in [1.807, 2.05) is 0 Å². The van der Waals surface area contributed by atoms with Gasteiger partial charge in [-0.05, 0) is 0 Å². The average Bonchev–Trinajstić information content (AvgIpc) is 2.97. The maximum absolute atomic E-state index is 11.6. The van der Waals surface area contributed by atoms with Gasteiger partial charge in [-0.3, -0.25) is 10.1 Å². The molecule has 0 aromatic carbocycles. The number of hydrogen-bond donors (Lipinski definition) is 2. The zero-order valence-electron chi connectivity index (χ0n) is 8.64. The lowest BCUT2D eigenvalue weighted by Crippen LogP contribution is -2.10. The Morgan fingerprint density at radius 2 is 2.53 bits per heavy atom. The largest absolute Gasteiger partial charge is 0.351 e. The molecule has 0 fully saturated rings. The minimum Gasteiger partial charge on any atom is -0.351 e. The van der Waals surface area contributed by atoms with Crippen LogP contribution in [-0.4, -0.2) is 22.6 Å². The molecule has 2 aromatic rings. The van der Waals surface area contributed by atoms with Crippen molar-refractivity contribution in [3.8, 4) is 11.8 Å². The second kappa shape index (κ2) is 5.25. The van der Waals surface area contributed by atoms with E-state index >= 15 is 0 Å². The fourth-order valence-corrected chi connectivity index (χ4v) is 1.71. The van der Waals surface area contributed by atoms with Gasteiger partial charge in [0.2, 0.25) is 5.76 Å². The number of aromatic nitrogens is 2. The maximum atomic E-state index is 11.6. The lowest BCUT2D eigenvalue weighted by atomic mass is 10.4.